The molecule has 0 bridgehead atoms. The molecular weight excluding hydrogens is 396 g/mol. The van der Waals surface area contributed by atoms with Crippen molar-refractivity contribution in [1.29, 1.82) is 0 Å². The summed E-state index contributed by atoms with van der Waals surface area (Å²) in [5.74, 6) is -3.91. The average Bonchev–Trinajstić information content (AvgIpc) is 2.66. The minimum atomic E-state index is -3.28. The van der Waals surface area contributed by atoms with Crippen molar-refractivity contribution < 1.29 is 13.5 Å². The number of hydrazone groups is 1. The molecule has 3 N–H and O–H groups in total. The third kappa shape index (κ3) is 5.02. The highest BCUT2D eigenvalue weighted by Crippen LogP contribution is 2.26. The van der Waals surface area contributed by atoms with E-state index in [0.29, 0.717) is 31.3 Å². The van der Waals surface area contributed by atoms with Crippen LogP contribution < -0.4 is 16.6 Å². The molecule has 0 spiro atoms. The van der Waals surface area contributed by atoms with E-state index in [1.54, 1.807) is 25.2 Å². The second kappa shape index (κ2) is 9.33. The van der Waals surface area contributed by atoms with Crippen LogP contribution in [0.3, 0.4) is 0 Å². The van der Waals surface area contributed by atoms with Gasteiger partial charge in [-0.3, -0.25) is 19.4 Å². The van der Waals surface area contributed by atoms with E-state index in [1.807, 2.05) is 6.92 Å². The number of aliphatic imine (C=N–C) groups is 1. The van der Waals surface area contributed by atoms with E-state index in [1.165, 1.54) is 20.3 Å². The predicted molar refractivity (Wildman–Crippen MR) is 113 cm³/mol. The first-order chi connectivity index (χ1) is 14.0. The van der Waals surface area contributed by atoms with Crippen molar-refractivity contribution in [1.82, 2.24) is 14.6 Å². The maximum atomic E-state index is 14.0. The number of ether oxygens (including phenoxy) is 1. The van der Waals surface area contributed by atoms with E-state index in [9.17, 15) is 13.6 Å². The smallest absolute Gasteiger partial charge is 0.302 e. The quantitative estimate of drug-likeness (QED) is 0.665. The number of halogens is 2. The van der Waals surface area contributed by atoms with Crippen molar-refractivity contribution in [3.05, 3.63) is 33.6 Å². The maximum absolute atomic E-state index is 14.0. The van der Waals surface area contributed by atoms with Crippen LogP contribution in [0.25, 0.3) is 0 Å². The van der Waals surface area contributed by atoms with Crippen LogP contribution >= 0.6 is 0 Å². The molecule has 0 aromatic carbocycles. The van der Waals surface area contributed by atoms with Crippen LogP contribution in [0.15, 0.2) is 26.7 Å². The molecule has 1 aliphatic heterocycles. The van der Waals surface area contributed by atoms with Gasteiger partial charge in [0.15, 0.2) is 5.82 Å². The highest BCUT2D eigenvalue weighted by atomic mass is 19.3. The lowest BCUT2D eigenvalue weighted by Crippen LogP contribution is -2.45. The van der Waals surface area contributed by atoms with Gasteiger partial charge >= 0.3 is 5.92 Å². The zero-order chi connectivity index (χ0) is 22.6. The largest absolute Gasteiger partial charge is 0.404 e. The van der Waals surface area contributed by atoms with Crippen LogP contribution in [0.2, 0.25) is 0 Å². The molecule has 166 valence electrons. The summed E-state index contributed by atoms with van der Waals surface area (Å²) < 4.78 is 34.8. The summed E-state index contributed by atoms with van der Waals surface area (Å²) in [5, 5.41) is 9.06. The Balaban J connectivity index is 2.47. The van der Waals surface area contributed by atoms with Crippen molar-refractivity contribution in [2.45, 2.75) is 38.9 Å². The lowest BCUT2D eigenvalue weighted by atomic mass is 10.1. The van der Waals surface area contributed by atoms with Crippen LogP contribution in [0.4, 0.5) is 14.5 Å². The molecule has 1 aromatic heterocycles. The molecule has 2 atom stereocenters. The summed E-state index contributed by atoms with van der Waals surface area (Å²) in [5.41, 5.74) is 6.30. The SMILES string of the molecule is CN=C/C(=C\N)[C@@H]1CN(/N=C(/C)c2nc(C(C)(F)F)n(C)c(=O)c2NC)C[C@H](C)O1. The van der Waals surface area contributed by atoms with Gasteiger partial charge < -0.3 is 15.8 Å². The molecule has 1 saturated heterocycles. The number of nitrogens with one attached hydrogen (secondary N) is 1. The zero-order valence-corrected chi connectivity index (χ0v) is 18.1. The number of aromatic nitrogens is 2. The van der Waals surface area contributed by atoms with Crippen molar-refractivity contribution in [3.8, 4) is 0 Å². The van der Waals surface area contributed by atoms with Gasteiger partial charge in [-0.1, -0.05) is 0 Å². The zero-order valence-electron chi connectivity index (χ0n) is 18.1. The summed E-state index contributed by atoms with van der Waals surface area (Å²) in [6.45, 7) is 5.09. The number of alkyl halides is 2. The van der Waals surface area contributed by atoms with E-state index in [0.717, 1.165) is 4.57 Å². The van der Waals surface area contributed by atoms with Gasteiger partial charge in [0.25, 0.3) is 5.56 Å². The van der Waals surface area contributed by atoms with Crippen molar-refractivity contribution in [2.24, 2.45) is 22.9 Å². The summed E-state index contributed by atoms with van der Waals surface area (Å²) in [6, 6.07) is 0. The molecule has 2 heterocycles. The predicted octanol–water partition coefficient (Wildman–Crippen LogP) is 1.29. The first kappa shape index (κ1) is 23.5. The Morgan fingerprint density at radius 3 is 2.63 bits per heavy atom. The molecular formula is C19H29F2N7O2. The Bertz CT molecular complexity index is 919. The first-order valence-electron chi connectivity index (χ1n) is 9.50. The van der Waals surface area contributed by atoms with Crippen LogP contribution in [-0.4, -0.2) is 65.9 Å². The molecule has 1 fully saturated rings. The van der Waals surface area contributed by atoms with Gasteiger partial charge in [-0.25, -0.2) is 4.98 Å². The molecule has 30 heavy (non-hydrogen) atoms. The number of hydrogen-bond acceptors (Lipinski definition) is 8. The van der Waals surface area contributed by atoms with Gasteiger partial charge in [-0.15, -0.1) is 0 Å². The summed E-state index contributed by atoms with van der Waals surface area (Å²) >= 11 is 0. The van der Waals surface area contributed by atoms with Gasteiger partial charge in [0.2, 0.25) is 0 Å². The minimum absolute atomic E-state index is 0.0810. The van der Waals surface area contributed by atoms with E-state index in [-0.39, 0.29) is 23.6 Å². The Morgan fingerprint density at radius 1 is 1.43 bits per heavy atom. The van der Waals surface area contributed by atoms with Gasteiger partial charge in [0.1, 0.15) is 17.5 Å². The standard InChI is InChI=1S/C19H29F2N7O2/c1-11-9-28(10-14(30-11)13(7-22)8-23-4)26-12(2)15-16(24-5)17(29)27(6)18(25-15)19(3,20)21/h7-8,11,14,24H,9-10,22H2,1-6H3/b13-7+,23-8?,26-12-/t11-,14-/m0/s1. The van der Waals surface area contributed by atoms with E-state index in [2.05, 4.69) is 20.4 Å². The third-order valence-corrected chi connectivity index (χ3v) is 4.65. The Kier molecular flexibility index (Phi) is 7.30. The fraction of sp³-hybridized carbons (Fsp3) is 0.579. The monoisotopic (exact) mass is 425 g/mol. The topological polar surface area (TPSA) is 110 Å². The fourth-order valence-electron chi connectivity index (χ4n) is 3.32. The Labute approximate surface area is 174 Å². The summed E-state index contributed by atoms with van der Waals surface area (Å²) in [6.07, 6.45) is 2.54. The molecule has 11 heteroatoms. The van der Waals surface area contributed by atoms with Crippen LogP contribution in [0.5, 0.6) is 0 Å². The van der Waals surface area contributed by atoms with Gasteiger partial charge in [0.05, 0.1) is 24.9 Å². The van der Waals surface area contributed by atoms with Crippen molar-refractivity contribution >= 4 is 17.6 Å². The minimum Gasteiger partial charge on any atom is -0.404 e. The molecule has 0 radical (unpaired) electrons. The average molecular weight is 425 g/mol. The number of nitrogens with two attached hydrogens (primary N) is 1. The second-order valence-electron chi connectivity index (χ2n) is 7.21. The molecule has 0 aliphatic carbocycles. The van der Waals surface area contributed by atoms with E-state index < -0.39 is 17.3 Å². The van der Waals surface area contributed by atoms with Crippen molar-refractivity contribution in [2.75, 3.05) is 32.5 Å². The van der Waals surface area contributed by atoms with E-state index in [4.69, 9.17) is 10.5 Å². The normalized spacial score (nSPS) is 21.4. The van der Waals surface area contributed by atoms with Crippen molar-refractivity contribution in [3.63, 3.8) is 0 Å². The Morgan fingerprint density at radius 2 is 2.10 bits per heavy atom. The molecule has 1 aromatic rings. The second-order valence-corrected chi connectivity index (χ2v) is 7.21. The highest BCUT2D eigenvalue weighted by molar-refractivity contribution is 6.01. The highest BCUT2D eigenvalue weighted by Gasteiger charge is 2.32. The fourth-order valence-corrected chi connectivity index (χ4v) is 3.32. The third-order valence-electron chi connectivity index (χ3n) is 4.65. The molecule has 0 amide bonds. The molecule has 0 saturated carbocycles. The van der Waals surface area contributed by atoms with Gasteiger partial charge in [0, 0.05) is 46.1 Å². The number of hydrogen-bond donors (Lipinski definition) is 2. The first-order valence-corrected chi connectivity index (χ1v) is 9.50. The number of rotatable bonds is 6. The van der Waals surface area contributed by atoms with Crippen LogP contribution in [-0.2, 0) is 17.7 Å². The maximum Gasteiger partial charge on any atom is 0.302 e. The van der Waals surface area contributed by atoms with Crippen LogP contribution in [0.1, 0.15) is 32.3 Å². The van der Waals surface area contributed by atoms with Crippen LogP contribution in [0, 0.1) is 0 Å². The van der Waals surface area contributed by atoms with Gasteiger partial charge in [-0.05, 0) is 13.8 Å². The van der Waals surface area contributed by atoms with E-state index >= 15 is 0 Å². The number of morpholine rings is 1. The number of nitrogens with zero attached hydrogens (tertiary/aromatic N) is 5. The summed E-state index contributed by atoms with van der Waals surface area (Å²) in [4.78, 5) is 20.6. The molecule has 0 unspecified atom stereocenters. The lowest BCUT2D eigenvalue weighted by molar-refractivity contribution is -0.0568. The summed E-state index contributed by atoms with van der Waals surface area (Å²) in [7, 11) is 4.44. The molecule has 2 rings (SSSR count). The Hall–Kier alpha value is -2.82. The molecule has 9 nitrogen and oxygen atoms in total. The number of anilines is 1. The molecule has 1 aliphatic rings. The van der Waals surface area contributed by atoms with Gasteiger partial charge in [-0.2, -0.15) is 13.9 Å². The lowest BCUT2D eigenvalue weighted by Gasteiger charge is -2.35.